The maximum Gasteiger partial charge on any atom is 0.0250 e. The van der Waals surface area contributed by atoms with Crippen molar-refractivity contribution in [2.24, 2.45) is 17.4 Å². The monoisotopic (exact) mass is 144 g/mol. The lowest BCUT2D eigenvalue weighted by Crippen LogP contribution is -2.43. The summed E-state index contributed by atoms with van der Waals surface area (Å²) in [5, 5.41) is 0. The Morgan fingerprint density at radius 3 is 2.20 bits per heavy atom. The molecule has 62 valence electrons. The molecule has 0 radical (unpaired) electrons. The summed E-state index contributed by atoms with van der Waals surface area (Å²) in [7, 11) is 0. The van der Waals surface area contributed by atoms with Gasteiger partial charge in [-0.25, -0.2) is 0 Å². The molecule has 1 atom stereocenters. The van der Waals surface area contributed by atoms with Crippen LogP contribution in [0.3, 0.4) is 0 Å². The molecule has 0 amide bonds. The van der Waals surface area contributed by atoms with Gasteiger partial charge in [-0.3, -0.25) is 0 Å². The fourth-order valence-corrected chi connectivity index (χ4v) is 0.720. The van der Waals surface area contributed by atoms with Crippen molar-refractivity contribution < 1.29 is 0 Å². The first-order valence-corrected chi connectivity index (χ1v) is 3.97. The van der Waals surface area contributed by atoms with Crippen LogP contribution in [0.4, 0.5) is 0 Å². The first kappa shape index (κ1) is 9.92. The van der Waals surface area contributed by atoms with Gasteiger partial charge < -0.3 is 11.5 Å². The third-order valence-corrected chi connectivity index (χ3v) is 1.76. The zero-order valence-electron chi connectivity index (χ0n) is 7.35. The number of rotatable bonds is 4. The van der Waals surface area contributed by atoms with Crippen molar-refractivity contribution in [2.45, 2.75) is 39.2 Å². The summed E-state index contributed by atoms with van der Waals surface area (Å²) < 4.78 is 0. The molecule has 0 aromatic rings. The lowest BCUT2D eigenvalue weighted by Gasteiger charge is -2.22. The maximum atomic E-state index is 5.84. The molecule has 0 aliphatic heterocycles. The Labute approximate surface area is 64.0 Å². The van der Waals surface area contributed by atoms with Crippen LogP contribution >= 0.6 is 0 Å². The van der Waals surface area contributed by atoms with E-state index in [1.807, 2.05) is 6.92 Å². The lowest BCUT2D eigenvalue weighted by molar-refractivity contribution is 0.393. The number of hydrogen-bond donors (Lipinski definition) is 2. The van der Waals surface area contributed by atoms with Crippen molar-refractivity contribution >= 4 is 0 Å². The highest BCUT2D eigenvalue weighted by molar-refractivity contribution is 4.79. The van der Waals surface area contributed by atoms with Gasteiger partial charge in [-0.15, -0.1) is 0 Å². The van der Waals surface area contributed by atoms with Crippen molar-refractivity contribution in [2.75, 3.05) is 6.54 Å². The third-order valence-electron chi connectivity index (χ3n) is 1.76. The van der Waals surface area contributed by atoms with Crippen molar-refractivity contribution in [3.63, 3.8) is 0 Å². The minimum absolute atomic E-state index is 0.149. The van der Waals surface area contributed by atoms with E-state index >= 15 is 0 Å². The second-order valence-corrected chi connectivity index (χ2v) is 3.79. The third kappa shape index (κ3) is 4.77. The summed E-state index contributed by atoms with van der Waals surface area (Å²) in [6.45, 7) is 6.99. The summed E-state index contributed by atoms with van der Waals surface area (Å²) in [6, 6.07) is 0. The summed E-state index contributed by atoms with van der Waals surface area (Å²) in [6.07, 6.45) is 2.20. The highest BCUT2D eigenvalue weighted by Gasteiger charge is 2.15. The van der Waals surface area contributed by atoms with Crippen molar-refractivity contribution in [1.29, 1.82) is 0 Å². The van der Waals surface area contributed by atoms with Gasteiger partial charge in [-0.1, -0.05) is 13.8 Å². The van der Waals surface area contributed by atoms with Crippen LogP contribution in [0.5, 0.6) is 0 Å². The maximum absolute atomic E-state index is 5.84. The van der Waals surface area contributed by atoms with Crippen LogP contribution in [-0.4, -0.2) is 12.1 Å². The fourth-order valence-electron chi connectivity index (χ4n) is 0.720. The van der Waals surface area contributed by atoms with E-state index in [1.54, 1.807) is 0 Å². The highest BCUT2D eigenvalue weighted by Crippen LogP contribution is 2.12. The van der Waals surface area contributed by atoms with Crippen LogP contribution in [0.25, 0.3) is 0 Å². The smallest absolute Gasteiger partial charge is 0.0250 e. The zero-order chi connectivity index (χ0) is 8.20. The standard InChI is InChI=1S/C8H20N2/c1-7(2)4-5-8(3,10)6-9/h7H,4-6,9-10H2,1-3H3. The molecular weight excluding hydrogens is 124 g/mol. The predicted octanol–water partition coefficient (Wildman–Crippen LogP) is 1.10. The van der Waals surface area contributed by atoms with E-state index in [2.05, 4.69) is 13.8 Å². The Bertz CT molecular complexity index is 87.3. The molecule has 2 nitrogen and oxygen atoms in total. The number of nitrogens with two attached hydrogens (primary N) is 2. The molecule has 0 aliphatic carbocycles. The fraction of sp³-hybridized carbons (Fsp3) is 1.00. The van der Waals surface area contributed by atoms with Crippen molar-refractivity contribution in [1.82, 2.24) is 0 Å². The molecule has 10 heavy (non-hydrogen) atoms. The molecule has 0 bridgehead atoms. The molecule has 0 saturated carbocycles. The topological polar surface area (TPSA) is 52.0 Å². The van der Waals surface area contributed by atoms with Crippen LogP contribution in [0.15, 0.2) is 0 Å². The van der Waals surface area contributed by atoms with E-state index < -0.39 is 0 Å². The number of hydrogen-bond acceptors (Lipinski definition) is 2. The molecular formula is C8H20N2. The molecule has 0 aromatic carbocycles. The SMILES string of the molecule is CC(C)CCC(C)(N)CN. The second-order valence-electron chi connectivity index (χ2n) is 3.79. The molecule has 0 saturated heterocycles. The van der Waals surface area contributed by atoms with Gasteiger partial charge in [0.1, 0.15) is 0 Å². The Morgan fingerprint density at radius 2 is 1.90 bits per heavy atom. The average molecular weight is 144 g/mol. The minimum atomic E-state index is -0.149. The van der Waals surface area contributed by atoms with Gasteiger partial charge in [0.15, 0.2) is 0 Å². The van der Waals surface area contributed by atoms with E-state index in [1.165, 1.54) is 6.42 Å². The molecule has 0 spiro atoms. The van der Waals surface area contributed by atoms with Gasteiger partial charge in [0.2, 0.25) is 0 Å². The van der Waals surface area contributed by atoms with E-state index in [0.717, 1.165) is 12.3 Å². The van der Waals surface area contributed by atoms with Gasteiger partial charge in [0.25, 0.3) is 0 Å². The molecule has 2 heteroatoms. The van der Waals surface area contributed by atoms with Crippen molar-refractivity contribution in [3.05, 3.63) is 0 Å². The largest absolute Gasteiger partial charge is 0.329 e. The summed E-state index contributed by atoms with van der Waals surface area (Å²) in [5.41, 5.74) is 11.2. The normalized spacial score (nSPS) is 17.4. The van der Waals surface area contributed by atoms with Crippen LogP contribution in [0, 0.1) is 5.92 Å². The molecule has 0 fully saturated rings. The Hall–Kier alpha value is -0.0800. The second kappa shape index (κ2) is 3.94. The molecule has 0 heterocycles. The van der Waals surface area contributed by atoms with E-state index in [4.69, 9.17) is 11.5 Å². The average Bonchev–Trinajstić information content (AvgIpc) is 1.85. The minimum Gasteiger partial charge on any atom is -0.329 e. The Morgan fingerprint density at radius 1 is 1.40 bits per heavy atom. The van der Waals surface area contributed by atoms with E-state index in [-0.39, 0.29) is 5.54 Å². The van der Waals surface area contributed by atoms with Crippen molar-refractivity contribution in [3.8, 4) is 0 Å². The summed E-state index contributed by atoms with van der Waals surface area (Å²) in [4.78, 5) is 0. The quantitative estimate of drug-likeness (QED) is 0.620. The molecule has 0 aliphatic rings. The van der Waals surface area contributed by atoms with Crippen LogP contribution in [-0.2, 0) is 0 Å². The van der Waals surface area contributed by atoms with Gasteiger partial charge >= 0.3 is 0 Å². The summed E-state index contributed by atoms with van der Waals surface area (Å²) in [5.74, 6) is 0.731. The predicted molar refractivity (Wildman–Crippen MR) is 45.7 cm³/mol. The van der Waals surface area contributed by atoms with Gasteiger partial charge in [0, 0.05) is 12.1 Å². The van der Waals surface area contributed by atoms with E-state index in [9.17, 15) is 0 Å². The molecule has 1 unspecified atom stereocenters. The zero-order valence-corrected chi connectivity index (χ0v) is 7.35. The molecule has 0 rings (SSSR count). The van der Waals surface area contributed by atoms with Crippen LogP contribution < -0.4 is 11.5 Å². The Kier molecular flexibility index (Phi) is 3.91. The highest BCUT2D eigenvalue weighted by atomic mass is 14.8. The van der Waals surface area contributed by atoms with Gasteiger partial charge in [-0.2, -0.15) is 0 Å². The molecule has 0 aromatic heterocycles. The van der Waals surface area contributed by atoms with Gasteiger partial charge in [-0.05, 0) is 25.7 Å². The lowest BCUT2D eigenvalue weighted by atomic mass is 9.93. The van der Waals surface area contributed by atoms with Gasteiger partial charge in [0.05, 0.1) is 0 Å². The van der Waals surface area contributed by atoms with Crippen LogP contribution in [0.2, 0.25) is 0 Å². The first-order chi connectivity index (χ1) is 4.48. The first-order valence-electron chi connectivity index (χ1n) is 3.97. The van der Waals surface area contributed by atoms with E-state index in [0.29, 0.717) is 6.54 Å². The van der Waals surface area contributed by atoms with Crippen LogP contribution in [0.1, 0.15) is 33.6 Å². The molecule has 4 N–H and O–H groups in total. The Balaban J connectivity index is 3.46. The summed E-state index contributed by atoms with van der Waals surface area (Å²) >= 11 is 0.